The largest absolute Gasteiger partial charge is 0.384 e. The Morgan fingerprint density at radius 1 is 1.16 bits per heavy atom. The fourth-order valence-corrected chi connectivity index (χ4v) is 3.91. The Balaban J connectivity index is 1.63. The van der Waals surface area contributed by atoms with E-state index < -0.39 is 35.2 Å². The maximum absolute atomic E-state index is 13.9. The number of hydrogen-bond donors (Lipinski definition) is 3. The van der Waals surface area contributed by atoms with Gasteiger partial charge in [0.15, 0.2) is 5.69 Å². The van der Waals surface area contributed by atoms with Gasteiger partial charge in [0.05, 0.1) is 6.61 Å². The number of rotatable bonds is 9. The topological polar surface area (TPSA) is 152 Å². The number of aromatic nitrogens is 4. The lowest BCUT2D eigenvalue weighted by atomic mass is 9.93. The second-order valence-electron chi connectivity index (χ2n) is 8.23. The van der Waals surface area contributed by atoms with Crippen molar-refractivity contribution in [2.24, 2.45) is 0 Å². The molecule has 3 N–H and O–H groups in total. The Morgan fingerprint density at radius 3 is 2.61 bits per heavy atom. The number of nitrogens with one attached hydrogen (secondary N) is 3. The molecule has 0 aliphatic carbocycles. The molecule has 4 rings (SSSR count). The molecular formula is C25H22ClFN6O5. The number of ether oxygens (including phenoxy) is 1. The molecule has 4 aromatic rings. The van der Waals surface area contributed by atoms with Gasteiger partial charge < -0.3 is 20.4 Å². The van der Waals surface area contributed by atoms with E-state index in [2.05, 4.69) is 35.5 Å². The normalized spacial score (nSPS) is 12.5. The number of aryl methyl sites for hydroxylation is 1. The minimum Gasteiger partial charge on any atom is -0.384 e. The van der Waals surface area contributed by atoms with Gasteiger partial charge in [-0.05, 0) is 53.5 Å². The highest BCUT2D eigenvalue weighted by Crippen LogP contribution is 2.25. The van der Waals surface area contributed by atoms with Crippen molar-refractivity contribution in [3.63, 3.8) is 0 Å². The van der Waals surface area contributed by atoms with E-state index in [1.54, 1.807) is 36.4 Å². The Labute approximate surface area is 220 Å². The molecule has 1 aromatic carbocycles. The van der Waals surface area contributed by atoms with E-state index in [0.29, 0.717) is 16.1 Å². The van der Waals surface area contributed by atoms with Crippen LogP contribution in [0.1, 0.15) is 44.8 Å². The molecule has 0 saturated heterocycles. The summed E-state index contributed by atoms with van der Waals surface area (Å²) in [5, 5.41) is 12.9. The van der Waals surface area contributed by atoms with E-state index in [1.807, 2.05) is 0 Å². The van der Waals surface area contributed by atoms with Gasteiger partial charge in [-0.2, -0.15) is 0 Å². The number of methoxy groups -OCH3 is 1. The van der Waals surface area contributed by atoms with Crippen LogP contribution in [-0.2, 0) is 9.53 Å². The van der Waals surface area contributed by atoms with Gasteiger partial charge in [0.2, 0.25) is 0 Å². The Kier molecular flexibility index (Phi) is 8.24. The van der Waals surface area contributed by atoms with Gasteiger partial charge in [-0.15, -0.1) is 0 Å². The lowest BCUT2D eigenvalue weighted by Gasteiger charge is -2.20. The van der Waals surface area contributed by atoms with Gasteiger partial charge >= 0.3 is 0 Å². The number of aromatic amines is 1. The predicted molar refractivity (Wildman–Crippen MR) is 134 cm³/mol. The Hall–Kier alpha value is -4.42. The summed E-state index contributed by atoms with van der Waals surface area (Å²) in [6.45, 7) is 1.61. The van der Waals surface area contributed by atoms with Crippen LogP contribution in [-0.4, -0.2) is 45.8 Å². The quantitative estimate of drug-likeness (QED) is 0.293. The molecule has 0 radical (unpaired) electrons. The molecule has 0 aliphatic rings. The van der Waals surface area contributed by atoms with E-state index in [1.165, 1.54) is 20.2 Å². The van der Waals surface area contributed by atoms with Crippen LogP contribution in [0.5, 0.6) is 0 Å². The molecule has 3 heterocycles. The SMILES string of the molecule is COC[C@H](c1ccnc(NC(=O)[C@@H](NC(=O)c2nonc2C)c2ccc(Cl)cc2)c1)c1cc(F)c[nH]c1=O. The van der Waals surface area contributed by atoms with Crippen molar-refractivity contribution in [1.29, 1.82) is 0 Å². The molecule has 0 spiro atoms. The number of halogens is 2. The highest BCUT2D eigenvalue weighted by atomic mass is 35.5. The third kappa shape index (κ3) is 6.10. The fraction of sp³-hybridized carbons (Fsp3) is 0.200. The molecule has 0 saturated carbocycles. The summed E-state index contributed by atoms with van der Waals surface area (Å²) in [4.78, 5) is 45.1. The first-order chi connectivity index (χ1) is 18.3. The molecule has 0 unspecified atom stereocenters. The highest BCUT2D eigenvalue weighted by molar-refractivity contribution is 6.30. The Bertz CT molecular complexity index is 1510. The third-order valence-corrected chi connectivity index (χ3v) is 5.90. The number of anilines is 1. The number of hydrogen-bond acceptors (Lipinski definition) is 8. The van der Waals surface area contributed by atoms with E-state index in [4.69, 9.17) is 16.3 Å². The van der Waals surface area contributed by atoms with Crippen LogP contribution in [0.4, 0.5) is 10.2 Å². The second-order valence-corrected chi connectivity index (χ2v) is 8.67. The van der Waals surface area contributed by atoms with E-state index in [0.717, 1.165) is 12.3 Å². The maximum atomic E-state index is 13.9. The van der Waals surface area contributed by atoms with Crippen molar-refractivity contribution in [2.45, 2.75) is 18.9 Å². The number of nitrogens with zero attached hydrogens (tertiary/aromatic N) is 3. The molecule has 0 aliphatic heterocycles. The molecule has 0 fully saturated rings. The van der Waals surface area contributed by atoms with Crippen LogP contribution >= 0.6 is 11.6 Å². The Morgan fingerprint density at radius 2 is 1.92 bits per heavy atom. The van der Waals surface area contributed by atoms with Crippen LogP contribution in [0, 0.1) is 12.7 Å². The van der Waals surface area contributed by atoms with Crippen LogP contribution in [0.3, 0.4) is 0 Å². The van der Waals surface area contributed by atoms with Crippen LogP contribution < -0.4 is 16.2 Å². The molecule has 13 heteroatoms. The van der Waals surface area contributed by atoms with Gasteiger partial charge in [-0.3, -0.25) is 14.4 Å². The highest BCUT2D eigenvalue weighted by Gasteiger charge is 2.27. The lowest BCUT2D eigenvalue weighted by Crippen LogP contribution is -2.37. The summed E-state index contributed by atoms with van der Waals surface area (Å²) in [6, 6.07) is 9.48. The molecule has 196 valence electrons. The van der Waals surface area contributed by atoms with E-state index >= 15 is 0 Å². The van der Waals surface area contributed by atoms with E-state index in [-0.39, 0.29) is 29.4 Å². The summed E-state index contributed by atoms with van der Waals surface area (Å²) in [7, 11) is 1.45. The van der Waals surface area contributed by atoms with Gasteiger partial charge in [-0.1, -0.05) is 28.9 Å². The molecule has 0 bridgehead atoms. The first kappa shape index (κ1) is 26.6. The first-order valence-corrected chi connectivity index (χ1v) is 11.6. The fourth-order valence-electron chi connectivity index (χ4n) is 3.79. The second kappa shape index (κ2) is 11.8. The van der Waals surface area contributed by atoms with Crippen molar-refractivity contribution < 1.29 is 23.3 Å². The monoisotopic (exact) mass is 540 g/mol. The van der Waals surface area contributed by atoms with Crippen LogP contribution in [0.2, 0.25) is 5.02 Å². The number of H-pyrrole nitrogens is 1. The maximum Gasteiger partial charge on any atom is 0.276 e. The van der Waals surface area contributed by atoms with Gasteiger partial charge in [0, 0.05) is 36.0 Å². The number of benzene rings is 1. The summed E-state index contributed by atoms with van der Waals surface area (Å²) in [6.07, 6.45) is 2.40. The van der Waals surface area contributed by atoms with Crippen molar-refractivity contribution in [3.8, 4) is 0 Å². The lowest BCUT2D eigenvalue weighted by molar-refractivity contribution is -0.118. The van der Waals surface area contributed by atoms with Crippen molar-refractivity contribution in [1.82, 2.24) is 25.6 Å². The van der Waals surface area contributed by atoms with Crippen molar-refractivity contribution in [2.75, 3.05) is 19.0 Å². The summed E-state index contributed by atoms with van der Waals surface area (Å²) >= 11 is 5.99. The standard InChI is InChI=1S/C25H22ClFN6O5/c1-13-21(33-38-32-13)24(35)31-22(14-3-5-16(26)6-4-14)25(36)30-20-9-15(7-8-28-20)19(12-37-2)18-10-17(27)11-29-23(18)34/h3-11,19,22H,12H2,1-2H3,(H,29,34)(H,31,35)(H,28,30,36)/t19-,22+/m1/s1. The van der Waals surface area contributed by atoms with Crippen molar-refractivity contribution in [3.05, 3.63) is 104 Å². The number of pyridine rings is 2. The predicted octanol–water partition coefficient (Wildman–Crippen LogP) is 3.14. The van der Waals surface area contributed by atoms with Gasteiger partial charge in [-0.25, -0.2) is 14.0 Å². The van der Waals surface area contributed by atoms with Crippen molar-refractivity contribution >= 4 is 29.2 Å². The molecule has 2 atom stereocenters. The van der Waals surface area contributed by atoms with Gasteiger partial charge in [0.1, 0.15) is 23.4 Å². The zero-order valence-corrected chi connectivity index (χ0v) is 21.0. The number of amides is 2. The molecule has 11 nitrogen and oxygen atoms in total. The molecule has 3 aromatic heterocycles. The summed E-state index contributed by atoms with van der Waals surface area (Å²) < 4.78 is 23.7. The summed E-state index contributed by atoms with van der Waals surface area (Å²) in [5.41, 5.74) is 0.846. The molecule has 2 amide bonds. The molecular weight excluding hydrogens is 519 g/mol. The summed E-state index contributed by atoms with van der Waals surface area (Å²) in [5.74, 6) is -2.42. The number of carbonyl (C=O) groups excluding carboxylic acids is 2. The smallest absolute Gasteiger partial charge is 0.276 e. The zero-order chi connectivity index (χ0) is 27.2. The van der Waals surface area contributed by atoms with E-state index in [9.17, 15) is 18.8 Å². The average Bonchev–Trinajstić information content (AvgIpc) is 3.34. The minimum atomic E-state index is -1.16. The van der Waals surface area contributed by atoms with Crippen LogP contribution in [0.25, 0.3) is 0 Å². The first-order valence-electron chi connectivity index (χ1n) is 11.3. The average molecular weight is 541 g/mol. The zero-order valence-electron chi connectivity index (χ0n) is 20.2. The third-order valence-electron chi connectivity index (χ3n) is 5.65. The van der Waals surface area contributed by atoms with Gasteiger partial charge in [0.25, 0.3) is 17.4 Å². The molecule has 38 heavy (non-hydrogen) atoms. The van der Waals surface area contributed by atoms with Crippen LogP contribution in [0.15, 0.2) is 64.3 Å². The number of carbonyl (C=O) groups is 2. The minimum absolute atomic E-state index is 0.0679.